The Hall–Kier alpha value is -1.79. The van der Waals surface area contributed by atoms with Gasteiger partial charge in [-0.1, -0.05) is 45.9 Å². The molecule has 0 amide bonds. The van der Waals surface area contributed by atoms with Crippen molar-refractivity contribution in [3.63, 3.8) is 0 Å². The van der Waals surface area contributed by atoms with Gasteiger partial charge in [-0.25, -0.2) is 0 Å². The van der Waals surface area contributed by atoms with Crippen LogP contribution in [-0.2, 0) is 12.8 Å². The van der Waals surface area contributed by atoms with Crippen molar-refractivity contribution in [1.29, 1.82) is 0 Å². The fraction of sp³-hybridized carbons (Fsp3) is 0.300. The molecule has 136 valence electrons. The zero-order valence-corrected chi connectivity index (χ0v) is 17.8. The van der Waals surface area contributed by atoms with Crippen LogP contribution < -0.4 is 4.74 Å². The minimum absolute atomic E-state index is 0.171. The molecule has 0 aliphatic carbocycles. The zero-order chi connectivity index (χ0) is 18.7. The zero-order valence-electron chi connectivity index (χ0n) is 15.4. The molecular weight excluding hydrogens is 410 g/mol. The molecule has 0 fully saturated rings. The molecule has 26 heavy (non-hydrogen) atoms. The number of halogens is 1. The summed E-state index contributed by atoms with van der Waals surface area (Å²) in [7, 11) is 1.98. The van der Waals surface area contributed by atoms with Gasteiger partial charge in [-0.3, -0.25) is 0 Å². The maximum atomic E-state index is 6.07. The molecule has 0 spiro atoms. The van der Waals surface area contributed by atoms with Gasteiger partial charge in [0.05, 0.1) is 0 Å². The van der Waals surface area contributed by atoms with Gasteiger partial charge in [0.1, 0.15) is 5.75 Å². The standard InChI is InChI=1S/C20H22BrN3OS/c1-13-8-9-18(10-14(13)2)25-15(3)19-22-23-20(24(19)4)26-12-16-6-5-7-17(21)11-16/h5-11,15H,12H2,1-4H3. The maximum Gasteiger partial charge on any atom is 0.191 e. The smallest absolute Gasteiger partial charge is 0.191 e. The van der Waals surface area contributed by atoms with Crippen molar-refractivity contribution in [1.82, 2.24) is 14.8 Å². The summed E-state index contributed by atoms with van der Waals surface area (Å²) in [6.07, 6.45) is -0.171. The van der Waals surface area contributed by atoms with E-state index >= 15 is 0 Å². The Kier molecular flexibility index (Phi) is 6.04. The number of ether oxygens (including phenoxy) is 1. The Bertz CT molecular complexity index is 910. The largest absolute Gasteiger partial charge is 0.483 e. The van der Waals surface area contributed by atoms with Crippen LogP contribution in [0.2, 0.25) is 0 Å². The minimum atomic E-state index is -0.171. The lowest BCUT2D eigenvalue weighted by Gasteiger charge is -2.15. The van der Waals surface area contributed by atoms with Crippen LogP contribution in [0.5, 0.6) is 5.75 Å². The van der Waals surface area contributed by atoms with Gasteiger partial charge in [0, 0.05) is 17.3 Å². The number of benzene rings is 2. The predicted molar refractivity (Wildman–Crippen MR) is 110 cm³/mol. The molecule has 2 aromatic carbocycles. The summed E-state index contributed by atoms with van der Waals surface area (Å²) in [5.41, 5.74) is 3.72. The van der Waals surface area contributed by atoms with Gasteiger partial charge in [0.2, 0.25) is 0 Å². The molecule has 6 heteroatoms. The summed E-state index contributed by atoms with van der Waals surface area (Å²) in [6, 6.07) is 14.4. The quantitative estimate of drug-likeness (QED) is 0.474. The lowest BCUT2D eigenvalue weighted by atomic mass is 10.1. The summed E-state index contributed by atoms with van der Waals surface area (Å²) in [5.74, 6) is 2.52. The average Bonchev–Trinajstić information content (AvgIpc) is 2.97. The first-order valence-electron chi connectivity index (χ1n) is 8.44. The van der Waals surface area contributed by atoms with E-state index in [1.807, 2.05) is 36.7 Å². The number of aryl methyl sites for hydroxylation is 2. The van der Waals surface area contributed by atoms with Gasteiger partial charge in [0.25, 0.3) is 0 Å². The molecule has 0 aliphatic heterocycles. The Morgan fingerprint density at radius 3 is 2.65 bits per heavy atom. The summed E-state index contributed by atoms with van der Waals surface area (Å²) in [5, 5.41) is 9.56. The molecule has 0 radical (unpaired) electrons. The van der Waals surface area contributed by atoms with Crippen LogP contribution in [0.15, 0.2) is 52.1 Å². The monoisotopic (exact) mass is 431 g/mol. The molecule has 1 unspecified atom stereocenters. The van der Waals surface area contributed by atoms with Crippen molar-refractivity contribution in [2.24, 2.45) is 7.05 Å². The van der Waals surface area contributed by atoms with Gasteiger partial charge in [-0.15, -0.1) is 10.2 Å². The fourth-order valence-corrected chi connectivity index (χ4v) is 3.93. The molecular formula is C20H22BrN3OS. The molecule has 1 aromatic heterocycles. The van der Waals surface area contributed by atoms with E-state index in [1.54, 1.807) is 11.8 Å². The minimum Gasteiger partial charge on any atom is -0.483 e. The highest BCUT2D eigenvalue weighted by Gasteiger charge is 2.17. The van der Waals surface area contributed by atoms with Gasteiger partial charge < -0.3 is 9.30 Å². The number of aromatic nitrogens is 3. The number of nitrogens with zero attached hydrogens (tertiary/aromatic N) is 3. The highest BCUT2D eigenvalue weighted by molar-refractivity contribution is 9.10. The van der Waals surface area contributed by atoms with E-state index in [-0.39, 0.29) is 6.10 Å². The van der Waals surface area contributed by atoms with E-state index in [0.29, 0.717) is 0 Å². The lowest BCUT2D eigenvalue weighted by molar-refractivity contribution is 0.211. The normalized spacial score (nSPS) is 12.2. The van der Waals surface area contributed by atoms with Crippen LogP contribution in [0.3, 0.4) is 0 Å². The van der Waals surface area contributed by atoms with E-state index in [1.165, 1.54) is 16.7 Å². The van der Waals surface area contributed by atoms with Gasteiger partial charge in [-0.2, -0.15) is 0 Å². The number of hydrogen-bond acceptors (Lipinski definition) is 4. The molecule has 0 aliphatic rings. The predicted octanol–water partition coefficient (Wildman–Crippen LogP) is 5.63. The van der Waals surface area contributed by atoms with Crippen LogP contribution in [-0.4, -0.2) is 14.8 Å². The van der Waals surface area contributed by atoms with Gasteiger partial charge in [0.15, 0.2) is 17.1 Å². The second kappa shape index (κ2) is 8.27. The van der Waals surface area contributed by atoms with E-state index in [2.05, 4.69) is 64.2 Å². The van der Waals surface area contributed by atoms with Gasteiger partial charge >= 0.3 is 0 Å². The van der Waals surface area contributed by atoms with E-state index in [4.69, 9.17) is 4.74 Å². The number of thioether (sulfide) groups is 1. The van der Waals surface area contributed by atoms with Crippen molar-refractivity contribution in [3.05, 3.63) is 69.5 Å². The molecule has 1 heterocycles. The third-order valence-electron chi connectivity index (χ3n) is 4.28. The average molecular weight is 432 g/mol. The maximum absolute atomic E-state index is 6.07. The Balaban J connectivity index is 1.68. The number of hydrogen-bond donors (Lipinski definition) is 0. The van der Waals surface area contributed by atoms with Crippen molar-refractivity contribution in [2.75, 3.05) is 0 Å². The molecule has 0 bridgehead atoms. The van der Waals surface area contributed by atoms with Crippen LogP contribution >= 0.6 is 27.7 Å². The summed E-state index contributed by atoms with van der Waals surface area (Å²) < 4.78 is 9.17. The highest BCUT2D eigenvalue weighted by atomic mass is 79.9. The van der Waals surface area contributed by atoms with E-state index in [9.17, 15) is 0 Å². The van der Waals surface area contributed by atoms with Crippen molar-refractivity contribution in [2.45, 2.75) is 37.8 Å². The SMILES string of the molecule is Cc1ccc(OC(C)c2nnc(SCc3cccc(Br)c3)n2C)cc1C. The first-order chi connectivity index (χ1) is 12.4. The molecule has 3 rings (SSSR count). The Morgan fingerprint density at radius 1 is 1.12 bits per heavy atom. The topological polar surface area (TPSA) is 39.9 Å². The van der Waals surface area contributed by atoms with Crippen LogP contribution in [0, 0.1) is 13.8 Å². The van der Waals surface area contributed by atoms with Crippen molar-refractivity contribution < 1.29 is 4.74 Å². The Labute approximate surface area is 167 Å². The highest BCUT2D eigenvalue weighted by Crippen LogP contribution is 2.27. The molecule has 3 aromatic rings. The van der Waals surface area contributed by atoms with Gasteiger partial charge in [-0.05, 0) is 61.7 Å². The number of rotatable bonds is 6. The third kappa shape index (κ3) is 4.48. The summed E-state index contributed by atoms with van der Waals surface area (Å²) >= 11 is 5.18. The molecule has 1 atom stereocenters. The third-order valence-corrected chi connectivity index (χ3v) is 5.87. The molecule has 0 N–H and O–H groups in total. The molecule has 0 saturated carbocycles. The van der Waals surface area contributed by atoms with Crippen LogP contribution in [0.4, 0.5) is 0 Å². The first-order valence-corrected chi connectivity index (χ1v) is 10.2. The molecule has 4 nitrogen and oxygen atoms in total. The summed E-state index contributed by atoms with van der Waals surface area (Å²) in [6.45, 7) is 6.19. The van der Waals surface area contributed by atoms with Crippen molar-refractivity contribution >= 4 is 27.7 Å². The summed E-state index contributed by atoms with van der Waals surface area (Å²) in [4.78, 5) is 0. The van der Waals surface area contributed by atoms with Crippen LogP contribution in [0.25, 0.3) is 0 Å². The van der Waals surface area contributed by atoms with Crippen LogP contribution in [0.1, 0.15) is 35.5 Å². The fourth-order valence-electron chi connectivity index (χ4n) is 2.62. The second-order valence-electron chi connectivity index (χ2n) is 6.32. The van der Waals surface area contributed by atoms with Crippen molar-refractivity contribution in [3.8, 4) is 5.75 Å². The second-order valence-corrected chi connectivity index (χ2v) is 8.18. The van der Waals surface area contributed by atoms with E-state index < -0.39 is 0 Å². The first kappa shape index (κ1) is 19.0. The Morgan fingerprint density at radius 2 is 1.92 bits per heavy atom. The molecule has 0 saturated heterocycles. The van der Waals surface area contributed by atoms with E-state index in [0.717, 1.165) is 27.0 Å². The lowest BCUT2D eigenvalue weighted by Crippen LogP contribution is -2.10.